The van der Waals surface area contributed by atoms with E-state index in [0.717, 1.165) is 12.1 Å². The molecule has 0 saturated heterocycles. The highest BCUT2D eigenvalue weighted by Crippen LogP contribution is 2.19. The molecule has 1 aromatic heterocycles. The van der Waals surface area contributed by atoms with Crippen molar-refractivity contribution in [2.24, 2.45) is 5.73 Å². The molecule has 0 aliphatic heterocycles. The fourth-order valence-corrected chi connectivity index (χ4v) is 2.72. The van der Waals surface area contributed by atoms with E-state index in [4.69, 9.17) is 5.73 Å². The number of nitrogens with one attached hydrogen (secondary N) is 1. The lowest BCUT2D eigenvalue weighted by atomic mass is 10.2. The molecule has 3 aromatic rings. The first-order chi connectivity index (χ1) is 12.9. The Morgan fingerprint density at radius 3 is 2.30 bits per heavy atom. The van der Waals surface area contributed by atoms with E-state index in [2.05, 4.69) is 10.4 Å². The highest BCUT2D eigenvalue weighted by Gasteiger charge is 2.15. The maximum atomic E-state index is 13.2. The van der Waals surface area contributed by atoms with E-state index in [0.29, 0.717) is 35.1 Å². The minimum atomic E-state index is -0.827. The molecule has 0 spiro atoms. The average Bonchev–Trinajstić information content (AvgIpc) is 3.05. The molecule has 8 heteroatoms. The Kier molecular flexibility index (Phi) is 4.98. The van der Waals surface area contributed by atoms with Crippen molar-refractivity contribution >= 4 is 17.5 Å². The molecule has 1 heterocycles. The number of nitrogens with two attached hydrogens (primary N) is 1. The topological polar surface area (TPSA) is 90.0 Å². The van der Waals surface area contributed by atoms with Crippen molar-refractivity contribution in [3.05, 3.63) is 77.1 Å². The molecule has 2 amide bonds. The number of primary amides is 1. The van der Waals surface area contributed by atoms with E-state index >= 15 is 0 Å². The van der Waals surface area contributed by atoms with Crippen molar-refractivity contribution in [2.75, 3.05) is 5.32 Å². The lowest BCUT2D eigenvalue weighted by Crippen LogP contribution is -2.14. The third kappa shape index (κ3) is 3.84. The standard InChI is InChI=1S/C19H16F2N4O2/c1-2-17-16(18(22)26)10-23-25(17)15-5-3-14(4-6-15)24-19(27)11-7-12(20)9-13(21)8-11/h3-10H,2H2,1H3,(H2,22,26)(H,24,27). The second-order valence-corrected chi connectivity index (χ2v) is 5.79. The highest BCUT2D eigenvalue weighted by atomic mass is 19.1. The van der Waals surface area contributed by atoms with E-state index in [1.807, 2.05) is 6.92 Å². The van der Waals surface area contributed by atoms with Gasteiger partial charge in [0.15, 0.2) is 0 Å². The van der Waals surface area contributed by atoms with Crippen LogP contribution in [-0.2, 0) is 6.42 Å². The van der Waals surface area contributed by atoms with Crippen molar-refractivity contribution < 1.29 is 18.4 Å². The van der Waals surface area contributed by atoms with Gasteiger partial charge in [-0.2, -0.15) is 5.10 Å². The number of benzene rings is 2. The fraction of sp³-hybridized carbons (Fsp3) is 0.105. The number of hydrogen-bond donors (Lipinski definition) is 2. The molecule has 0 bridgehead atoms. The van der Waals surface area contributed by atoms with Crippen LogP contribution in [0, 0.1) is 11.6 Å². The summed E-state index contributed by atoms with van der Waals surface area (Å²) in [5.74, 6) is -2.84. The predicted molar refractivity (Wildman–Crippen MR) is 95.8 cm³/mol. The van der Waals surface area contributed by atoms with E-state index in [1.54, 1.807) is 28.9 Å². The summed E-state index contributed by atoms with van der Waals surface area (Å²) < 4.78 is 28.1. The molecule has 3 N–H and O–H groups in total. The van der Waals surface area contributed by atoms with Gasteiger partial charge in [0, 0.05) is 17.3 Å². The zero-order valence-corrected chi connectivity index (χ0v) is 14.4. The number of anilines is 1. The first-order valence-electron chi connectivity index (χ1n) is 8.13. The molecule has 0 aliphatic rings. The van der Waals surface area contributed by atoms with Gasteiger partial charge in [0.05, 0.1) is 23.1 Å². The Hall–Kier alpha value is -3.55. The van der Waals surface area contributed by atoms with Gasteiger partial charge in [-0.15, -0.1) is 0 Å². The summed E-state index contributed by atoms with van der Waals surface area (Å²) in [7, 11) is 0. The summed E-state index contributed by atoms with van der Waals surface area (Å²) >= 11 is 0. The van der Waals surface area contributed by atoms with Crippen LogP contribution in [0.25, 0.3) is 5.69 Å². The number of amides is 2. The first kappa shape index (κ1) is 18.2. The smallest absolute Gasteiger partial charge is 0.255 e. The van der Waals surface area contributed by atoms with Crippen LogP contribution in [0.2, 0.25) is 0 Å². The average molecular weight is 370 g/mol. The van der Waals surface area contributed by atoms with Gasteiger partial charge in [0.25, 0.3) is 11.8 Å². The number of carbonyl (C=O) groups is 2. The van der Waals surface area contributed by atoms with Gasteiger partial charge in [-0.25, -0.2) is 13.5 Å². The lowest BCUT2D eigenvalue weighted by Gasteiger charge is -2.09. The quantitative estimate of drug-likeness (QED) is 0.723. The summed E-state index contributed by atoms with van der Waals surface area (Å²) in [5.41, 5.74) is 7.36. The van der Waals surface area contributed by atoms with Crippen molar-refractivity contribution in [1.82, 2.24) is 9.78 Å². The fourth-order valence-electron chi connectivity index (χ4n) is 2.72. The molecule has 6 nitrogen and oxygen atoms in total. The van der Waals surface area contributed by atoms with Crippen LogP contribution in [0.5, 0.6) is 0 Å². The van der Waals surface area contributed by atoms with Crippen molar-refractivity contribution in [2.45, 2.75) is 13.3 Å². The van der Waals surface area contributed by atoms with Gasteiger partial charge in [0.2, 0.25) is 0 Å². The normalized spacial score (nSPS) is 10.6. The Labute approximate surface area is 153 Å². The van der Waals surface area contributed by atoms with Gasteiger partial charge in [-0.05, 0) is 42.8 Å². The van der Waals surface area contributed by atoms with Crippen LogP contribution in [0.15, 0.2) is 48.7 Å². The van der Waals surface area contributed by atoms with Gasteiger partial charge in [-0.1, -0.05) is 6.92 Å². The maximum absolute atomic E-state index is 13.2. The SMILES string of the molecule is CCc1c(C(N)=O)cnn1-c1ccc(NC(=O)c2cc(F)cc(F)c2)cc1. The molecular weight excluding hydrogens is 354 g/mol. The van der Waals surface area contributed by atoms with Crippen LogP contribution in [0.4, 0.5) is 14.5 Å². The number of rotatable bonds is 5. The Bertz CT molecular complexity index is 993. The molecule has 0 unspecified atom stereocenters. The van der Waals surface area contributed by atoms with E-state index in [-0.39, 0.29) is 5.56 Å². The Morgan fingerprint density at radius 1 is 1.11 bits per heavy atom. The minimum Gasteiger partial charge on any atom is -0.365 e. The summed E-state index contributed by atoms with van der Waals surface area (Å²) in [4.78, 5) is 23.6. The second kappa shape index (κ2) is 7.36. The molecule has 0 aliphatic carbocycles. The number of hydrogen-bond acceptors (Lipinski definition) is 3. The number of halogens is 2. The summed E-state index contributed by atoms with van der Waals surface area (Å²) in [6, 6.07) is 9.23. The minimum absolute atomic E-state index is 0.122. The molecule has 3 rings (SSSR count). The van der Waals surface area contributed by atoms with Gasteiger partial charge in [-0.3, -0.25) is 9.59 Å². The molecule has 0 saturated carbocycles. The van der Waals surface area contributed by atoms with Crippen LogP contribution in [0.1, 0.15) is 33.3 Å². The zero-order valence-electron chi connectivity index (χ0n) is 14.4. The maximum Gasteiger partial charge on any atom is 0.255 e. The third-order valence-electron chi connectivity index (χ3n) is 3.96. The number of aromatic nitrogens is 2. The Morgan fingerprint density at radius 2 is 1.74 bits per heavy atom. The lowest BCUT2D eigenvalue weighted by molar-refractivity contribution is 0.0996. The number of nitrogens with zero attached hydrogens (tertiary/aromatic N) is 2. The monoisotopic (exact) mass is 370 g/mol. The molecule has 0 fully saturated rings. The molecule has 2 aromatic carbocycles. The van der Waals surface area contributed by atoms with Gasteiger partial charge in [0.1, 0.15) is 11.6 Å². The van der Waals surface area contributed by atoms with Crippen LogP contribution in [0.3, 0.4) is 0 Å². The molecular formula is C19H16F2N4O2. The second-order valence-electron chi connectivity index (χ2n) is 5.79. The zero-order chi connectivity index (χ0) is 19.6. The van der Waals surface area contributed by atoms with Crippen molar-refractivity contribution in [3.8, 4) is 5.69 Å². The van der Waals surface area contributed by atoms with Crippen LogP contribution in [-0.4, -0.2) is 21.6 Å². The molecule has 27 heavy (non-hydrogen) atoms. The van der Waals surface area contributed by atoms with Crippen molar-refractivity contribution in [1.29, 1.82) is 0 Å². The van der Waals surface area contributed by atoms with Gasteiger partial charge >= 0.3 is 0 Å². The summed E-state index contributed by atoms with van der Waals surface area (Å²) in [6.45, 7) is 1.88. The Balaban J connectivity index is 1.82. The molecule has 138 valence electrons. The van der Waals surface area contributed by atoms with E-state index < -0.39 is 23.4 Å². The van der Waals surface area contributed by atoms with Crippen LogP contribution < -0.4 is 11.1 Å². The van der Waals surface area contributed by atoms with E-state index in [1.165, 1.54) is 6.20 Å². The predicted octanol–water partition coefficient (Wildman–Crippen LogP) is 3.06. The van der Waals surface area contributed by atoms with Gasteiger partial charge < -0.3 is 11.1 Å². The largest absolute Gasteiger partial charge is 0.365 e. The number of carbonyl (C=O) groups excluding carboxylic acids is 2. The summed E-state index contributed by atoms with van der Waals surface area (Å²) in [6.07, 6.45) is 1.97. The summed E-state index contributed by atoms with van der Waals surface area (Å²) in [5, 5.41) is 6.75. The first-order valence-corrected chi connectivity index (χ1v) is 8.13. The molecule has 0 radical (unpaired) electrons. The van der Waals surface area contributed by atoms with Crippen molar-refractivity contribution in [3.63, 3.8) is 0 Å². The van der Waals surface area contributed by atoms with E-state index in [9.17, 15) is 18.4 Å². The highest BCUT2D eigenvalue weighted by molar-refractivity contribution is 6.04. The third-order valence-corrected chi connectivity index (χ3v) is 3.96. The van der Waals surface area contributed by atoms with Crippen LogP contribution >= 0.6 is 0 Å². The molecule has 0 atom stereocenters.